The number of amides is 1. The number of halogens is 1. The molecule has 0 aromatic heterocycles. The van der Waals surface area contributed by atoms with Gasteiger partial charge in [-0.2, -0.15) is 0 Å². The zero-order valence-corrected chi connectivity index (χ0v) is 15.1. The molecule has 1 amide bonds. The SMILES string of the molecule is CC(NC(=O)C1(c2cccc(F)c2)CCC1)c1ccc(OCC(=O)O)cc1. The molecule has 2 aromatic carbocycles. The number of hydrogen-bond acceptors (Lipinski definition) is 3. The van der Waals surface area contributed by atoms with Gasteiger partial charge in [0.05, 0.1) is 11.5 Å². The molecule has 2 aromatic rings. The van der Waals surface area contributed by atoms with E-state index in [1.807, 2.05) is 6.92 Å². The molecule has 0 radical (unpaired) electrons. The van der Waals surface area contributed by atoms with Crippen molar-refractivity contribution in [2.24, 2.45) is 0 Å². The number of carbonyl (C=O) groups is 2. The second-order valence-corrected chi connectivity index (χ2v) is 6.89. The highest BCUT2D eigenvalue weighted by atomic mass is 19.1. The standard InChI is InChI=1S/C21H22FNO4/c1-14(15-6-8-18(9-7-15)27-13-19(24)25)23-20(26)21(10-3-11-21)16-4-2-5-17(22)12-16/h2,4-9,12,14H,3,10-11,13H2,1H3,(H,23,26)(H,24,25). The number of carboxylic acids is 1. The number of nitrogens with one attached hydrogen (secondary N) is 1. The third-order valence-corrected chi connectivity index (χ3v) is 5.11. The van der Waals surface area contributed by atoms with Crippen LogP contribution < -0.4 is 10.1 Å². The summed E-state index contributed by atoms with van der Waals surface area (Å²) >= 11 is 0. The van der Waals surface area contributed by atoms with E-state index in [1.54, 1.807) is 36.4 Å². The molecule has 27 heavy (non-hydrogen) atoms. The zero-order valence-electron chi connectivity index (χ0n) is 15.1. The van der Waals surface area contributed by atoms with Crippen LogP contribution in [-0.4, -0.2) is 23.6 Å². The summed E-state index contributed by atoms with van der Waals surface area (Å²) in [6.45, 7) is 1.48. The fourth-order valence-corrected chi connectivity index (χ4v) is 3.38. The molecule has 1 saturated carbocycles. The lowest BCUT2D eigenvalue weighted by molar-refractivity contribution is -0.139. The van der Waals surface area contributed by atoms with Crippen LogP contribution in [0.25, 0.3) is 0 Å². The van der Waals surface area contributed by atoms with Crippen LogP contribution in [0.1, 0.15) is 43.4 Å². The number of hydrogen-bond donors (Lipinski definition) is 2. The summed E-state index contributed by atoms with van der Waals surface area (Å²) in [5.41, 5.74) is 0.927. The Morgan fingerprint density at radius 3 is 2.48 bits per heavy atom. The maximum Gasteiger partial charge on any atom is 0.341 e. The molecule has 0 aliphatic heterocycles. The first kappa shape index (κ1) is 18.9. The first-order valence-corrected chi connectivity index (χ1v) is 8.92. The first-order valence-electron chi connectivity index (χ1n) is 8.92. The maximum atomic E-state index is 13.6. The fourth-order valence-electron chi connectivity index (χ4n) is 3.38. The van der Waals surface area contributed by atoms with E-state index < -0.39 is 18.0 Å². The Morgan fingerprint density at radius 1 is 1.22 bits per heavy atom. The molecule has 0 spiro atoms. The minimum Gasteiger partial charge on any atom is -0.482 e. The van der Waals surface area contributed by atoms with Gasteiger partial charge in [-0.3, -0.25) is 4.79 Å². The van der Waals surface area contributed by atoms with Crippen LogP contribution in [0.4, 0.5) is 4.39 Å². The van der Waals surface area contributed by atoms with Crippen molar-refractivity contribution in [2.45, 2.75) is 37.6 Å². The summed E-state index contributed by atoms with van der Waals surface area (Å²) in [7, 11) is 0. The average molecular weight is 371 g/mol. The molecular formula is C21H22FNO4. The summed E-state index contributed by atoms with van der Waals surface area (Å²) in [5.74, 6) is -1.02. The predicted octanol–water partition coefficient (Wildman–Crippen LogP) is 3.59. The number of aliphatic carboxylic acids is 1. The normalized spacial score (nSPS) is 16.1. The molecule has 0 bridgehead atoms. The Balaban J connectivity index is 1.68. The van der Waals surface area contributed by atoms with Gasteiger partial charge in [-0.1, -0.05) is 30.7 Å². The third-order valence-electron chi connectivity index (χ3n) is 5.11. The number of benzene rings is 2. The molecule has 5 nitrogen and oxygen atoms in total. The molecule has 0 heterocycles. The molecule has 0 saturated heterocycles. The Kier molecular flexibility index (Phi) is 5.44. The lowest BCUT2D eigenvalue weighted by atomic mass is 9.63. The second-order valence-electron chi connectivity index (χ2n) is 6.89. The van der Waals surface area contributed by atoms with Gasteiger partial charge in [0, 0.05) is 0 Å². The van der Waals surface area contributed by atoms with Gasteiger partial charge < -0.3 is 15.2 Å². The summed E-state index contributed by atoms with van der Waals surface area (Å²) in [4.78, 5) is 23.5. The molecule has 1 unspecified atom stereocenters. The van der Waals surface area contributed by atoms with Crippen LogP contribution in [0.15, 0.2) is 48.5 Å². The van der Waals surface area contributed by atoms with E-state index in [0.29, 0.717) is 18.6 Å². The fraction of sp³-hybridized carbons (Fsp3) is 0.333. The quantitative estimate of drug-likeness (QED) is 0.780. The number of rotatable bonds is 7. The monoisotopic (exact) mass is 371 g/mol. The zero-order chi connectivity index (χ0) is 19.4. The van der Waals surface area contributed by atoms with Crippen LogP contribution in [0, 0.1) is 5.82 Å². The highest BCUT2D eigenvalue weighted by Crippen LogP contribution is 2.44. The van der Waals surface area contributed by atoms with Crippen LogP contribution in [0.2, 0.25) is 0 Å². The van der Waals surface area contributed by atoms with E-state index in [-0.39, 0.29) is 17.8 Å². The van der Waals surface area contributed by atoms with E-state index in [9.17, 15) is 14.0 Å². The Morgan fingerprint density at radius 2 is 1.93 bits per heavy atom. The van der Waals surface area contributed by atoms with Gasteiger partial charge in [0.25, 0.3) is 0 Å². The van der Waals surface area contributed by atoms with Crippen molar-refractivity contribution in [3.8, 4) is 5.75 Å². The van der Waals surface area contributed by atoms with E-state index in [4.69, 9.17) is 9.84 Å². The van der Waals surface area contributed by atoms with Crippen molar-refractivity contribution in [3.63, 3.8) is 0 Å². The van der Waals surface area contributed by atoms with Crippen molar-refractivity contribution >= 4 is 11.9 Å². The Bertz CT molecular complexity index is 830. The van der Waals surface area contributed by atoms with Crippen molar-refractivity contribution in [2.75, 3.05) is 6.61 Å². The molecule has 3 rings (SSSR count). The molecular weight excluding hydrogens is 349 g/mol. The van der Waals surface area contributed by atoms with Crippen LogP contribution in [0.3, 0.4) is 0 Å². The van der Waals surface area contributed by atoms with Gasteiger partial charge in [-0.05, 0) is 55.2 Å². The van der Waals surface area contributed by atoms with E-state index in [0.717, 1.165) is 17.5 Å². The smallest absolute Gasteiger partial charge is 0.341 e. The first-order chi connectivity index (χ1) is 12.9. The minimum atomic E-state index is -1.04. The largest absolute Gasteiger partial charge is 0.482 e. The van der Waals surface area contributed by atoms with Crippen molar-refractivity contribution in [3.05, 3.63) is 65.5 Å². The average Bonchev–Trinajstić information content (AvgIpc) is 2.59. The topological polar surface area (TPSA) is 75.6 Å². The molecule has 142 valence electrons. The van der Waals surface area contributed by atoms with E-state index in [2.05, 4.69) is 5.32 Å². The van der Waals surface area contributed by atoms with Crippen LogP contribution in [0.5, 0.6) is 5.75 Å². The van der Waals surface area contributed by atoms with Gasteiger partial charge in [0.15, 0.2) is 6.61 Å². The van der Waals surface area contributed by atoms with Gasteiger partial charge in [-0.25, -0.2) is 9.18 Å². The lowest BCUT2D eigenvalue weighted by Gasteiger charge is -2.41. The van der Waals surface area contributed by atoms with Crippen molar-refractivity contribution < 1.29 is 23.8 Å². The third kappa shape index (κ3) is 4.10. The molecule has 1 atom stereocenters. The van der Waals surface area contributed by atoms with Crippen molar-refractivity contribution in [1.29, 1.82) is 0 Å². The highest BCUT2D eigenvalue weighted by Gasteiger charge is 2.46. The predicted molar refractivity (Wildman–Crippen MR) is 98.1 cm³/mol. The molecule has 2 N–H and O–H groups in total. The maximum absolute atomic E-state index is 13.6. The van der Waals surface area contributed by atoms with Crippen LogP contribution >= 0.6 is 0 Å². The Labute approximate surface area is 157 Å². The summed E-state index contributed by atoms with van der Waals surface area (Å²) in [6, 6.07) is 13.0. The molecule has 1 aliphatic rings. The number of carbonyl (C=O) groups excluding carboxylic acids is 1. The van der Waals surface area contributed by atoms with Gasteiger partial charge in [0.2, 0.25) is 5.91 Å². The molecule has 1 aliphatic carbocycles. The van der Waals surface area contributed by atoms with Gasteiger partial charge in [-0.15, -0.1) is 0 Å². The minimum absolute atomic E-state index is 0.0990. The lowest BCUT2D eigenvalue weighted by Crippen LogP contribution is -2.49. The number of carboxylic acid groups (broad SMARTS) is 1. The highest BCUT2D eigenvalue weighted by molar-refractivity contribution is 5.89. The van der Waals surface area contributed by atoms with Gasteiger partial charge >= 0.3 is 5.97 Å². The van der Waals surface area contributed by atoms with Gasteiger partial charge in [0.1, 0.15) is 11.6 Å². The summed E-state index contributed by atoms with van der Waals surface area (Å²) < 4.78 is 18.7. The molecule has 6 heteroatoms. The summed E-state index contributed by atoms with van der Waals surface area (Å²) in [6.07, 6.45) is 2.35. The number of ether oxygens (including phenoxy) is 1. The van der Waals surface area contributed by atoms with Crippen LogP contribution in [-0.2, 0) is 15.0 Å². The Hall–Kier alpha value is -2.89. The van der Waals surface area contributed by atoms with Crippen molar-refractivity contribution in [1.82, 2.24) is 5.32 Å². The summed E-state index contributed by atoms with van der Waals surface area (Å²) in [5, 5.41) is 11.7. The van der Waals surface area contributed by atoms with E-state index in [1.165, 1.54) is 12.1 Å². The van der Waals surface area contributed by atoms with E-state index >= 15 is 0 Å². The molecule has 1 fully saturated rings. The second kappa shape index (κ2) is 7.78.